The predicted octanol–water partition coefficient (Wildman–Crippen LogP) is 3.98. The molecule has 21 heavy (non-hydrogen) atoms. The number of benzene rings is 2. The summed E-state index contributed by atoms with van der Waals surface area (Å²) in [6.07, 6.45) is 0. The highest BCUT2D eigenvalue weighted by atomic mass is 16.5. The average Bonchev–Trinajstić information content (AvgIpc) is 2.85. The van der Waals surface area contributed by atoms with E-state index in [-0.39, 0.29) is 0 Å². The molecule has 1 heterocycles. The summed E-state index contributed by atoms with van der Waals surface area (Å²) in [5, 5.41) is 13.8. The Morgan fingerprint density at radius 2 is 1.90 bits per heavy atom. The Morgan fingerprint density at radius 3 is 2.57 bits per heavy atom. The summed E-state index contributed by atoms with van der Waals surface area (Å²) >= 11 is 0. The monoisotopic (exact) mass is 281 g/mol. The maximum atomic E-state index is 9.39. The highest BCUT2D eigenvalue weighted by Gasteiger charge is 2.18. The molecule has 4 heteroatoms. The zero-order chi connectivity index (χ0) is 14.8. The Hall–Kier alpha value is -2.75. The number of oxime groups is 1. The number of nitrogens with zero attached hydrogens (tertiary/aromatic N) is 1. The van der Waals surface area contributed by atoms with E-state index in [1.54, 1.807) is 7.11 Å². The van der Waals surface area contributed by atoms with Crippen molar-refractivity contribution in [2.24, 2.45) is 5.16 Å². The van der Waals surface area contributed by atoms with Gasteiger partial charge < -0.3 is 14.4 Å². The van der Waals surface area contributed by atoms with Crippen LogP contribution in [0.4, 0.5) is 0 Å². The van der Waals surface area contributed by atoms with Crippen LogP contribution in [0, 0.1) is 6.92 Å². The predicted molar refractivity (Wildman–Crippen MR) is 81.4 cm³/mol. The van der Waals surface area contributed by atoms with Gasteiger partial charge in [0.05, 0.1) is 7.11 Å². The second-order valence-electron chi connectivity index (χ2n) is 4.73. The Morgan fingerprint density at radius 1 is 1.14 bits per heavy atom. The van der Waals surface area contributed by atoms with Crippen LogP contribution < -0.4 is 4.74 Å². The molecule has 0 saturated heterocycles. The fourth-order valence-corrected chi connectivity index (χ4v) is 2.39. The third-order valence-corrected chi connectivity index (χ3v) is 3.51. The highest BCUT2D eigenvalue weighted by Crippen LogP contribution is 2.30. The molecule has 1 aromatic heterocycles. The molecule has 0 bridgehead atoms. The zero-order valence-electron chi connectivity index (χ0n) is 11.8. The molecule has 0 atom stereocenters. The number of rotatable bonds is 3. The van der Waals surface area contributed by atoms with Gasteiger partial charge in [-0.3, -0.25) is 0 Å². The number of ether oxygens (including phenoxy) is 1. The van der Waals surface area contributed by atoms with Gasteiger partial charge in [-0.25, -0.2) is 0 Å². The Balaban J connectivity index is 2.18. The van der Waals surface area contributed by atoms with Gasteiger partial charge in [-0.05, 0) is 19.1 Å². The van der Waals surface area contributed by atoms with Crippen LogP contribution in [0.3, 0.4) is 0 Å². The van der Waals surface area contributed by atoms with Crippen molar-refractivity contribution in [2.45, 2.75) is 6.92 Å². The molecule has 0 amide bonds. The quantitative estimate of drug-likeness (QED) is 0.449. The lowest BCUT2D eigenvalue weighted by molar-refractivity contribution is 0.318. The molecule has 0 fully saturated rings. The number of methoxy groups -OCH3 is 1. The van der Waals surface area contributed by atoms with E-state index in [0.717, 1.165) is 22.3 Å². The fourth-order valence-electron chi connectivity index (χ4n) is 2.39. The molecule has 0 unspecified atom stereocenters. The van der Waals surface area contributed by atoms with Crippen LogP contribution in [0.1, 0.15) is 16.9 Å². The molecule has 1 N–H and O–H groups in total. The Bertz CT molecular complexity index is 804. The summed E-state index contributed by atoms with van der Waals surface area (Å²) in [4.78, 5) is 0. The Kier molecular flexibility index (Phi) is 3.36. The summed E-state index contributed by atoms with van der Waals surface area (Å²) in [7, 11) is 1.61. The second-order valence-corrected chi connectivity index (χ2v) is 4.73. The van der Waals surface area contributed by atoms with Gasteiger partial charge in [0.1, 0.15) is 11.3 Å². The lowest BCUT2D eigenvalue weighted by Gasteiger charge is -2.02. The molecule has 4 nitrogen and oxygen atoms in total. The molecular weight excluding hydrogens is 266 g/mol. The summed E-state index contributed by atoms with van der Waals surface area (Å²) in [5.74, 6) is 1.29. The van der Waals surface area contributed by atoms with Gasteiger partial charge in [-0.1, -0.05) is 35.5 Å². The molecule has 0 aliphatic rings. The van der Waals surface area contributed by atoms with Crippen LogP contribution in [0.25, 0.3) is 11.0 Å². The third-order valence-electron chi connectivity index (χ3n) is 3.51. The molecule has 0 spiro atoms. The maximum absolute atomic E-state index is 9.39. The molecule has 0 radical (unpaired) electrons. The summed E-state index contributed by atoms with van der Waals surface area (Å²) in [5.41, 5.74) is 2.86. The largest absolute Gasteiger partial charge is 0.497 e. The smallest absolute Gasteiger partial charge is 0.160 e. The third kappa shape index (κ3) is 2.25. The standard InChI is InChI=1S/C17H15NO3/c1-11-14-9-8-13(20-2)10-15(14)21-17(11)16(18-19)12-6-4-3-5-7-12/h3-10,19H,1-2H3/b18-16+. The Labute approximate surface area is 122 Å². The van der Waals surface area contributed by atoms with E-state index in [2.05, 4.69) is 5.16 Å². The number of furan rings is 1. The van der Waals surface area contributed by atoms with Crippen molar-refractivity contribution in [2.75, 3.05) is 7.11 Å². The second kappa shape index (κ2) is 5.32. The van der Waals surface area contributed by atoms with Crippen LogP contribution in [0.5, 0.6) is 5.75 Å². The molecule has 2 aromatic carbocycles. The minimum Gasteiger partial charge on any atom is -0.497 e. The van der Waals surface area contributed by atoms with Gasteiger partial charge in [-0.2, -0.15) is 0 Å². The first-order valence-electron chi connectivity index (χ1n) is 6.59. The lowest BCUT2D eigenvalue weighted by atomic mass is 10.0. The van der Waals surface area contributed by atoms with Crippen molar-refractivity contribution >= 4 is 16.7 Å². The van der Waals surface area contributed by atoms with E-state index in [1.165, 1.54) is 0 Å². The van der Waals surface area contributed by atoms with E-state index < -0.39 is 0 Å². The van der Waals surface area contributed by atoms with E-state index in [0.29, 0.717) is 17.1 Å². The van der Waals surface area contributed by atoms with Crippen molar-refractivity contribution in [1.29, 1.82) is 0 Å². The number of hydrogen-bond donors (Lipinski definition) is 1. The minimum absolute atomic E-state index is 0.420. The van der Waals surface area contributed by atoms with Gasteiger partial charge in [0.25, 0.3) is 0 Å². The topological polar surface area (TPSA) is 55.0 Å². The molecule has 0 aliphatic carbocycles. The van der Waals surface area contributed by atoms with Crippen LogP contribution in [-0.2, 0) is 0 Å². The molecule has 106 valence electrons. The van der Waals surface area contributed by atoms with Crippen LogP contribution in [0.15, 0.2) is 58.1 Å². The van der Waals surface area contributed by atoms with Gasteiger partial charge in [0.2, 0.25) is 0 Å². The van der Waals surface area contributed by atoms with Crippen LogP contribution in [-0.4, -0.2) is 18.0 Å². The van der Waals surface area contributed by atoms with E-state index in [9.17, 15) is 5.21 Å². The van der Waals surface area contributed by atoms with Gasteiger partial charge in [-0.15, -0.1) is 0 Å². The number of fused-ring (bicyclic) bond motifs is 1. The minimum atomic E-state index is 0.420. The molecule has 0 aliphatic heterocycles. The highest BCUT2D eigenvalue weighted by molar-refractivity contribution is 6.13. The first-order valence-corrected chi connectivity index (χ1v) is 6.59. The van der Waals surface area contributed by atoms with Crippen LogP contribution in [0.2, 0.25) is 0 Å². The molecule has 3 rings (SSSR count). The van der Waals surface area contributed by atoms with Crippen molar-refractivity contribution < 1.29 is 14.4 Å². The average molecular weight is 281 g/mol. The summed E-state index contributed by atoms with van der Waals surface area (Å²) in [6, 6.07) is 15.1. The van der Waals surface area contributed by atoms with Crippen molar-refractivity contribution in [3.8, 4) is 5.75 Å². The summed E-state index contributed by atoms with van der Waals surface area (Å²) < 4.78 is 11.1. The SMILES string of the molecule is COc1ccc2c(C)c(/C(=N/O)c3ccccc3)oc2c1. The normalized spacial score (nSPS) is 11.8. The first kappa shape index (κ1) is 13.2. The van der Waals surface area contributed by atoms with E-state index in [4.69, 9.17) is 9.15 Å². The van der Waals surface area contributed by atoms with Crippen LogP contribution >= 0.6 is 0 Å². The van der Waals surface area contributed by atoms with Crippen molar-refractivity contribution in [3.63, 3.8) is 0 Å². The summed E-state index contributed by atoms with van der Waals surface area (Å²) in [6.45, 7) is 1.95. The number of hydrogen-bond acceptors (Lipinski definition) is 4. The fraction of sp³-hybridized carbons (Fsp3) is 0.118. The van der Waals surface area contributed by atoms with E-state index >= 15 is 0 Å². The first-order chi connectivity index (χ1) is 10.2. The van der Waals surface area contributed by atoms with Gasteiger partial charge >= 0.3 is 0 Å². The van der Waals surface area contributed by atoms with E-state index in [1.807, 2.05) is 55.5 Å². The lowest BCUT2D eigenvalue weighted by Crippen LogP contribution is -2.03. The molecule has 3 aromatic rings. The van der Waals surface area contributed by atoms with Crippen molar-refractivity contribution in [1.82, 2.24) is 0 Å². The van der Waals surface area contributed by atoms with Crippen molar-refractivity contribution in [3.05, 3.63) is 65.4 Å². The molecule has 0 saturated carbocycles. The zero-order valence-corrected chi connectivity index (χ0v) is 11.8. The number of aryl methyl sites for hydroxylation is 1. The maximum Gasteiger partial charge on any atom is 0.160 e. The van der Waals surface area contributed by atoms with Gasteiger partial charge in [0.15, 0.2) is 11.5 Å². The van der Waals surface area contributed by atoms with Gasteiger partial charge in [0, 0.05) is 22.6 Å². The molecular formula is C17H15NO3.